The highest BCUT2D eigenvalue weighted by molar-refractivity contribution is 6.46. The van der Waals surface area contributed by atoms with Crippen LogP contribution in [0.3, 0.4) is 0 Å². The summed E-state index contributed by atoms with van der Waals surface area (Å²) in [6, 6.07) is 14.7. The summed E-state index contributed by atoms with van der Waals surface area (Å²) in [5.41, 5.74) is 2.80. The third-order valence-electron chi connectivity index (χ3n) is 6.42. The summed E-state index contributed by atoms with van der Waals surface area (Å²) in [5, 5.41) is 3.08. The zero-order valence-corrected chi connectivity index (χ0v) is 19.4. The standard InChI is InChI=1S/C26H26N4O4/c1-16-11-12-19(34-3)18(15-16)30-25(32)21(23(26(30)33)29-13-7-8-14-29)20-22(27-28(2)24(20)31)17-9-5-4-6-10-17/h4-6,9-12,15,27H,7-8,13-14H2,1-3H3. The average Bonchev–Trinajstić information content (AvgIpc) is 3.52. The molecule has 8 nitrogen and oxygen atoms in total. The van der Waals surface area contributed by atoms with Crippen molar-refractivity contribution < 1.29 is 14.3 Å². The lowest BCUT2D eigenvalue weighted by Crippen LogP contribution is -2.34. The van der Waals surface area contributed by atoms with Crippen molar-refractivity contribution in [3.8, 4) is 17.0 Å². The smallest absolute Gasteiger partial charge is 0.282 e. The Morgan fingerprint density at radius 2 is 1.65 bits per heavy atom. The third-order valence-corrected chi connectivity index (χ3v) is 6.42. The molecule has 0 bridgehead atoms. The Kier molecular flexibility index (Phi) is 5.36. The number of rotatable bonds is 5. The van der Waals surface area contributed by atoms with E-state index in [2.05, 4.69) is 5.10 Å². The maximum atomic E-state index is 14.0. The monoisotopic (exact) mass is 458 g/mol. The molecule has 1 saturated heterocycles. The van der Waals surface area contributed by atoms with Crippen LogP contribution in [0.15, 0.2) is 59.0 Å². The highest BCUT2D eigenvalue weighted by Gasteiger charge is 2.46. The quantitative estimate of drug-likeness (QED) is 0.594. The fourth-order valence-corrected chi connectivity index (χ4v) is 4.77. The number of hydrogen-bond donors (Lipinski definition) is 1. The van der Waals surface area contributed by atoms with Gasteiger partial charge in [-0.25, -0.2) is 4.90 Å². The van der Waals surface area contributed by atoms with Gasteiger partial charge in [0.2, 0.25) is 0 Å². The van der Waals surface area contributed by atoms with Crippen molar-refractivity contribution >= 4 is 23.1 Å². The van der Waals surface area contributed by atoms with Gasteiger partial charge in [0.1, 0.15) is 11.4 Å². The van der Waals surface area contributed by atoms with Gasteiger partial charge in [0, 0.05) is 25.7 Å². The second-order valence-corrected chi connectivity index (χ2v) is 8.63. The van der Waals surface area contributed by atoms with E-state index < -0.39 is 11.8 Å². The van der Waals surface area contributed by atoms with Gasteiger partial charge in [0.15, 0.2) is 0 Å². The van der Waals surface area contributed by atoms with Crippen molar-refractivity contribution in [3.63, 3.8) is 0 Å². The maximum absolute atomic E-state index is 14.0. The molecule has 3 heterocycles. The molecule has 2 aliphatic rings. The number of aromatic nitrogens is 2. The lowest BCUT2D eigenvalue weighted by molar-refractivity contribution is -0.120. The predicted octanol–water partition coefficient (Wildman–Crippen LogP) is 3.08. The highest BCUT2D eigenvalue weighted by atomic mass is 16.5. The largest absolute Gasteiger partial charge is 0.495 e. The van der Waals surface area contributed by atoms with Crippen LogP contribution in [0.25, 0.3) is 16.8 Å². The van der Waals surface area contributed by atoms with E-state index in [9.17, 15) is 14.4 Å². The van der Waals surface area contributed by atoms with Gasteiger partial charge in [-0.3, -0.25) is 24.2 Å². The van der Waals surface area contributed by atoms with Crippen molar-refractivity contribution in [3.05, 3.63) is 75.7 Å². The van der Waals surface area contributed by atoms with Crippen LogP contribution in [0.4, 0.5) is 5.69 Å². The lowest BCUT2D eigenvalue weighted by Gasteiger charge is -2.21. The number of anilines is 1. The molecule has 2 aliphatic heterocycles. The van der Waals surface area contributed by atoms with Gasteiger partial charge in [-0.2, -0.15) is 0 Å². The molecule has 0 unspecified atom stereocenters. The van der Waals surface area contributed by atoms with Gasteiger partial charge < -0.3 is 9.64 Å². The van der Waals surface area contributed by atoms with E-state index in [1.807, 2.05) is 48.2 Å². The number of methoxy groups -OCH3 is 1. The summed E-state index contributed by atoms with van der Waals surface area (Å²) in [5.74, 6) is -0.544. The predicted molar refractivity (Wildman–Crippen MR) is 129 cm³/mol. The van der Waals surface area contributed by atoms with E-state index in [0.29, 0.717) is 30.2 Å². The number of hydrogen-bond acceptors (Lipinski definition) is 5. The van der Waals surface area contributed by atoms with E-state index in [4.69, 9.17) is 4.74 Å². The van der Waals surface area contributed by atoms with Gasteiger partial charge in [0.05, 0.1) is 29.6 Å². The minimum Gasteiger partial charge on any atom is -0.495 e. The molecule has 2 amide bonds. The fraction of sp³-hybridized carbons (Fsp3) is 0.269. The summed E-state index contributed by atoms with van der Waals surface area (Å²) >= 11 is 0. The molecule has 5 rings (SSSR count). The van der Waals surface area contributed by atoms with Crippen LogP contribution in [0, 0.1) is 6.92 Å². The first-order valence-corrected chi connectivity index (χ1v) is 11.3. The van der Waals surface area contributed by atoms with Crippen LogP contribution in [-0.2, 0) is 16.6 Å². The van der Waals surface area contributed by atoms with Crippen LogP contribution < -0.4 is 15.2 Å². The first kappa shape index (κ1) is 21.8. The molecule has 8 heteroatoms. The number of aryl methyl sites for hydroxylation is 2. The normalized spacial score (nSPS) is 16.2. The molecule has 1 N–H and O–H groups in total. The minimum absolute atomic E-state index is 0.135. The van der Waals surface area contributed by atoms with E-state index in [1.165, 1.54) is 11.8 Å². The summed E-state index contributed by atoms with van der Waals surface area (Å²) in [6.07, 6.45) is 1.84. The Bertz CT molecular complexity index is 1380. The maximum Gasteiger partial charge on any atom is 0.282 e. The van der Waals surface area contributed by atoms with Gasteiger partial charge >= 0.3 is 0 Å². The number of nitrogens with one attached hydrogen (secondary N) is 1. The zero-order valence-electron chi connectivity index (χ0n) is 19.4. The molecule has 34 heavy (non-hydrogen) atoms. The molecule has 0 radical (unpaired) electrons. The van der Waals surface area contributed by atoms with Crippen molar-refractivity contribution in [1.82, 2.24) is 14.7 Å². The van der Waals surface area contributed by atoms with E-state index >= 15 is 0 Å². The van der Waals surface area contributed by atoms with Gasteiger partial charge in [-0.15, -0.1) is 0 Å². The Morgan fingerprint density at radius 1 is 0.941 bits per heavy atom. The van der Waals surface area contributed by atoms with Gasteiger partial charge in [-0.1, -0.05) is 36.4 Å². The molecular formula is C26H26N4O4. The van der Waals surface area contributed by atoms with Crippen molar-refractivity contribution in [1.29, 1.82) is 0 Å². The first-order valence-electron chi connectivity index (χ1n) is 11.3. The second-order valence-electron chi connectivity index (χ2n) is 8.63. The number of imide groups is 1. The minimum atomic E-state index is -0.523. The summed E-state index contributed by atoms with van der Waals surface area (Å²) in [6.45, 7) is 3.20. The molecule has 0 aliphatic carbocycles. The molecule has 1 fully saturated rings. The number of likely N-dealkylation sites (tertiary alicyclic amines) is 1. The molecule has 1 aromatic heterocycles. The van der Waals surface area contributed by atoms with E-state index in [1.54, 1.807) is 19.2 Å². The van der Waals surface area contributed by atoms with Gasteiger partial charge in [-0.05, 0) is 37.5 Å². The molecule has 0 saturated carbocycles. The number of carbonyl (C=O) groups excluding carboxylic acids is 2. The number of H-pyrrole nitrogens is 1. The second kappa shape index (κ2) is 8.37. The number of benzene rings is 2. The lowest BCUT2D eigenvalue weighted by atomic mass is 10.00. The van der Waals surface area contributed by atoms with E-state index in [-0.39, 0.29) is 22.4 Å². The highest BCUT2D eigenvalue weighted by Crippen LogP contribution is 2.41. The van der Waals surface area contributed by atoms with Crippen molar-refractivity contribution in [2.75, 3.05) is 25.1 Å². The zero-order chi connectivity index (χ0) is 24.0. The summed E-state index contributed by atoms with van der Waals surface area (Å²) in [7, 11) is 3.11. The van der Waals surface area contributed by atoms with Gasteiger partial charge in [0.25, 0.3) is 17.4 Å². The third kappa shape index (κ3) is 3.34. The topological polar surface area (TPSA) is 87.6 Å². The molecule has 2 aromatic carbocycles. The number of nitrogens with zero attached hydrogens (tertiary/aromatic N) is 3. The van der Waals surface area contributed by atoms with Crippen LogP contribution >= 0.6 is 0 Å². The van der Waals surface area contributed by atoms with Crippen LogP contribution in [0.2, 0.25) is 0 Å². The molecule has 174 valence electrons. The summed E-state index contributed by atoms with van der Waals surface area (Å²) in [4.78, 5) is 44.3. The number of aromatic amines is 1. The number of amides is 2. The van der Waals surface area contributed by atoms with Crippen LogP contribution in [0.1, 0.15) is 24.0 Å². The molecule has 3 aromatic rings. The van der Waals surface area contributed by atoms with Crippen molar-refractivity contribution in [2.45, 2.75) is 19.8 Å². The Hall–Kier alpha value is -4.07. The Balaban J connectivity index is 1.76. The first-order chi connectivity index (χ1) is 16.4. The SMILES string of the molecule is COc1ccc(C)cc1N1C(=O)C(c2c(-c3ccccc3)[nH]n(C)c2=O)=C(N2CCCC2)C1=O. The number of carbonyl (C=O) groups is 2. The Morgan fingerprint density at radius 3 is 2.32 bits per heavy atom. The average molecular weight is 459 g/mol. The van der Waals surface area contributed by atoms with E-state index in [0.717, 1.165) is 28.9 Å². The van der Waals surface area contributed by atoms with Crippen molar-refractivity contribution in [2.24, 2.45) is 7.05 Å². The van der Waals surface area contributed by atoms with Crippen LogP contribution in [-0.4, -0.2) is 46.7 Å². The summed E-state index contributed by atoms with van der Waals surface area (Å²) < 4.78 is 6.83. The molecule has 0 spiro atoms. The fourth-order valence-electron chi connectivity index (χ4n) is 4.77. The molecular weight excluding hydrogens is 432 g/mol. The Labute approximate surface area is 197 Å². The van der Waals surface area contributed by atoms with Crippen LogP contribution in [0.5, 0.6) is 5.75 Å². The number of ether oxygens (including phenoxy) is 1. The molecule has 0 atom stereocenters.